The summed E-state index contributed by atoms with van der Waals surface area (Å²) in [4.78, 5) is 11.8. The van der Waals surface area contributed by atoms with Crippen molar-refractivity contribution in [2.24, 2.45) is 5.10 Å². The molecule has 0 unspecified atom stereocenters. The Labute approximate surface area is 151 Å². The summed E-state index contributed by atoms with van der Waals surface area (Å²) in [5.41, 5.74) is 4.90. The van der Waals surface area contributed by atoms with Crippen molar-refractivity contribution in [3.8, 4) is 5.75 Å². The molecule has 0 saturated heterocycles. The largest absolute Gasteiger partial charge is 0.496 e. The molecule has 7 heteroatoms. The molecule has 0 heterocycles. The molecule has 0 saturated carbocycles. The third-order valence-corrected chi connectivity index (χ3v) is 4.36. The fourth-order valence-corrected chi connectivity index (χ4v) is 2.47. The molecule has 5 nitrogen and oxygen atoms in total. The summed E-state index contributed by atoms with van der Waals surface area (Å²) in [6.07, 6.45) is 1.52. The van der Waals surface area contributed by atoms with E-state index in [1.807, 2.05) is 37.3 Å². The van der Waals surface area contributed by atoms with Crippen LogP contribution in [0.4, 0.5) is 10.5 Å². The number of nitrogens with zero attached hydrogens (tertiary/aromatic N) is 1. The SMILES string of the molecule is COc1ccc(Br)cc1/C=N/NC(=O)Nc1ccc(Br)c(C)c1. The molecule has 120 valence electrons. The number of hydrogen-bond donors (Lipinski definition) is 2. The van der Waals surface area contributed by atoms with Gasteiger partial charge in [0.2, 0.25) is 0 Å². The zero-order valence-corrected chi connectivity index (χ0v) is 15.7. The number of aryl methyl sites for hydroxylation is 1. The summed E-state index contributed by atoms with van der Waals surface area (Å²) in [5.74, 6) is 0.669. The number of urea groups is 1. The van der Waals surface area contributed by atoms with Crippen molar-refractivity contribution >= 4 is 49.8 Å². The van der Waals surface area contributed by atoms with E-state index >= 15 is 0 Å². The third-order valence-electron chi connectivity index (χ3n) is 2.98. The van der Waals surface area contributed by atoms with Crippen molar-refractivity contribution in [1.29, 1.82) is 0 Å². The minimum absolute atomic E-state index is 0.420. The summed E-state index contributed by atoms with van der Waals surface area (Å²) in [6.45, 7) is 1.95. The Kier molecular flexibility index (Phi) is 6.18. The zero-order chi connectivity index (χ0) is 16.8. The molecule has 0 radical (unpaired) electrons. The minimum atomic E-state index is -0.420. The maximum Gasteiger partial charge on any atom is 0.339 e. The Bertz CT molecular complexity index is 748. The number of amides is 2. The molecule has 2 aromatic rings. The smallest absolute Gasteiger partial charge is 0.339 e. The van der Waals surface area contributed by atoms with Crippen LogP contribution >= 0.6 is 31.9 Å². The monoisotopic (exact) mass is 439 g/mol. The lowest BCUT2D eigenvalue weighted by molar-refractivity contribution is 0.252. The van der Waals surface area contributed by atoms with Gasteiger partial charge in [-0.3, -0.25) is 0 Å². The van der Waals surface area contributed by atoms with E-state index in [1.165, 1.54) is 6.21 Å². The first-order valence-electron chi connectivity index (χ1n) is 6.69. The molecule has 2 aromatic carbocycles. The van der Waals surface area contributed by atoms with Crippen LogP contribution in [0.3, 0.4) is 0 Å². The van der Waals surface area contributed by atoms with E-state index in [2.05, 4.69) is 47.7 Å². The van der Waals surface area contributed by atoms with E-state index in [-0.39, 0.29) is 0 Å². The fourth-order valence-electron chi connectivity index (χ4n) is 1.85. The quantitative estimate of drug-likeness (QED) is 0.535. The number of carbonyl (C=O) groups is 1. The van der Waals surface area contributed by atoms with E-state index in [0.717, 1.165) is 20.1 Å². The Balaban J connectivity index is 1.98. The van der Waals surface area contributed by atoms with E-state index < -0.39 is 6.03 Å². The van der Waals surface area contributed by atoms with Gasteiger partial charge in [-0.2, -0.15) is 5.10 Å². The van der Waals surface area contributed by atoms with Gasteiger partial charge < -0.3 is 10.1 Å². The molecule has 2 amide bonds. The highest BCUT2D eigenvalue weighted by Crippen LogP contribution is 2.21. The topological polar surface area (TPSA) is 62.7 Å². The van der Waals surface area contributed by atoms with Crippen LogP contribution in [0, 0.1) is 6.92 Å². The van der Waals surface area contributed by atoms with Crippen molar-refractivity contribution < 1.29 is 9.53 Å². The van der Waals surface area contributed by atoms with Gasteiger partial charge in [-0.1, -0.05) is 31.9 Å². The van der Waals surface area contributed by atoms with E-state index in [0.29, 0.717) is 11.4 Å². The molecule has 2 N–H and O–H groups in total. The third kappa shape index (κ3) is 5.07. The van der Waals surface area contributed by atoms with Crippen molar-refractivity contribution in [3.05, 3.63) is 56.5 Å². The second kappa shape index (κ2) is 8.12. The zero-order valence-electron chi connectivity index (χ0n) is 12.6. The first-order chi connectivity index (χ1) is 11.0. The van der Waals surface area contributed by atoms with Gasteiger partial charge in [-0.25, -0.2) is 10.2 Å². The van der Waals surface area contributed by atoms with Crippen LogP contribution in [0.2, 0.25) is 0 Å². The van der Waals surface area contributed by atoms with Crippen LogP contribution < -0.4 is 15.5 Å². The van der Waals surface area contributed by atoms with E-state index in [4.69, 9.17) is 4.74 Å². The maximum atomic E-state index is 11.8. The van der Waals surface area contributed by atoms with Crippen molar-refractivity contribution in [2.45, 2.75) is 6.92 Å². The lowest BCUT2D eigenvalue weighted by atomic mass is 10.2. The highest BCUT2D eigenvalue weighted by atomic mass is 79.9. The molecule has 2 rings (SSSR count). The predicted molar refractivity (Wildman–Crippen MR) is 99.3 cm³/mol. The number of benzene rings is 2. The highest BCUT2D eigenvalue weighted by molar-refractivity contribution is 9.10. The summed E-state index contributed by atoms with van der Waals surface area (Å²) < 4.78 is 7.12. The summed E-state index contributed by atoms with van der Waals surface area (Å²) >= 11 is 6.80. The normalized spacial score (nSPS) is 10.6. The number of rotatable bonds is 4. The number of halogens is 2. The van der Waals surface area contributed by atoms with Gasteiger partial charge >= 0.3 is 6.03 Å². The lowest BCUT2D eigenvalue weighted by Crippen LogP contribution is -2.24. The van der Waals surface area contributed by atoms with Gasteiger partial charge in [0.15, 0.2) is 0 Å². The summed E-state index contributed by atoms with van der Waals surface area (Å²) in [6, 6.07) is 10.7. The molecule has 0 spiro atoms. The molecule has 0 aliphatic rings. The molecule has 0 aromatic heterocycles. The molecule has 0 aliphatic heterocycles. The maximum absolute atomic E-state index is 11.8. The molecule has 0 fully saturated rings. The second-order valence-corrected chi connectivity index (χ2v) is 6.44. The van der Waals surface area contributed by atoms with Crippen LogP contribution in [-0.4, -0.2) is 19.4 Å². The first-order valence-corrected chi connectivity index (χ1v) is 8.28. The van der Waals surface area contributed by atoms with Gasteiger partial charge in [0.1, 0.15) is 5.75 Å². The fraction of sp³-hybridized carbons (Fsp3) is 0.125. The number of hydrazone groups is 1. The Morgan fingerprint density at radius 1 is 1.22 bits per heavy atom. The molecule has 0 atom stereocenters. The molecule has 0 aliphatic carbocycles. The number of hydrogen-bond acceptors (Lipinski definition) is 3. The Morgan fingerprint density at radius 2 is 2.00 bits per heavy atom. The Morgan fingerprint density at radius 3 is 2.70 bits per heavy atom. The van der Waals surface area contributed by atoms with E-state index in [1.54, 1.807) is 13.2 Å². The average molecular weight is 441 g/mol. The predicted octanol–water partition coefficient (Wildman–Crippen LogP) is 4.68. The standard InChI is InChI=1S/C16H15Br2N3O2/c1-10-7-13(4-5-14(10)18)20-16(22)21-19-9-11-8-12(17)3-6-15(11)23-2/h3-9H,1-2H3,(H2,20,21,22)/b19-9+. The Hall–Kier alpha value is -1.86. The molecule has 0 bridgehead atoms. The average Bonchev–Trinajstić information content (AvgIpc) is 2.51. The van der Waals surface area contributed by atoms with Crippen LogP contribution in [0.15, 0.2) is 50.4 Å². The lowest BCUT2D eigenvalue weighted by Gasteiger charge is -2.07. The van der Waals surface area contributed by atoms with E-state index in [9.17, 15) is 4.79 Å². The summed E-state index contributed by atoms with van der Waals surface area (Å²) in [5, 5.41) is 6.64. The van der Waals surface area contributed by atoms with Crippen LogP contribution in [-0.2, 0) is 0 Å². The van der Waals surface area contributed by atoms with Crippen molar-refractivity contribution in [1.82, 2.24) is 5.43 Å². The number of anilines is 1. The van der Waals surface area contributed by atoms with Gasteiger partial charge in [0, 0.05) is 20.2 Å². The number of carbonyl (C=O) groups excluding carboxylic acids is 1. The van der Waals surface area contributed by atoms with Crippen LogP contribution in [0.25, 0.3) is 0 Å². The van der Waals surface area contributed by atoms with Gasteiger partial charge in [0.25, 0.3) is 0 Å². The molecular weight excluding hydrogens is 426 g/mol. The van der Waals surface area contributed by atoms with Crippen LogP contribution in [0.1, 0.15) is 11.1 Å². The number of methoxy groups -OCH3 is 1. The van der Waals surface area contributed by atoms with Crippen LogP contribution in [0.5, 0.6) is 5.75 Å². The highest BCUT2D eigenvalue weighted by Gasteiger charge is 2.03. The van der Waals surface area contributed by atoms with Crippen molar-refractivity contribution in [2.75, 3.05) is 12.4 Å². The van der Waals surface area contributed by atoms with Gasteiger partial charge in [-0.05, 0) is 48.9 Å². The van der Waals surface area contributed by atoms with Crippen molar-refractivity contribution in [3.63, 3.8) is 0 Å². The summed E-state index contributed by atoms with van der Waals surface area (Å²) in [7, 11) is 1.58. The molecule has 23 heavy (non-hydrogen) atoms. The molecular formula is C16H15Br2N3O2. The first kappa shape index (κ1) is 17.5. The number of ether oxygens (including phenoxy) is 1. The van der Waals surface area contributed by atoms with Gasteiger partial charge in [0.05, 0.1) is 13.3 Å². The van der Waals surface area contributed by atoms with Gasteiger partial charge in [-0.15, -0.1) is 0 Å². The minimum Gasteiger partial charge on any atom is -0.496 e. The second-order valence-electron chi connectivity index (χ2n) is 4.67. The number of nitrogens with one attached hydrogen (secondary N) is 2.